The molecule has 0 aliphatic heterocycles. The van der Waals surface area contributed by atoms with Gasteiger partial charge in [-0.2, -0.15) is 0 Å². The molecule has 0 aromatic carbocycles. The van der Waals surface area contributed by atoms with Gasteiger partial charge in [0, 0.05) is 0 Å². The summed E-state index contributed by atoms with van der Waals surface area (Å²) in [5.74, 6) is 0. The van der Waals surface area contributed by atoms with Crippen molar-refractivity contribution in [3.05, 3.63) is 41.6 Å². The summed E-state index contributed by atoms with van der Waals surface area (Å²) in [4.78, 5) is 0. The Bertz CT molecular complexity index is 399. The zero-order chi connectivity index (χ0) is 14.5. The van der Waals surface area contributed by atoms with Crippen molar-refractivity contribution >= 4 is 7.92 Å². The minimum atomic E-state index is 0.0822. The Morgan fingerprint density at radius 1 is 0.905 bits per heavy atom. The van der Waals surface area contributed by atoms with Crippen LogP contribution in [0, 0.1) is 6.42 Å². The molecule has 0 unspecified atom stereocenters. The average molecular weight is 301 g/mol. The van der Waals surface area contributed by atoms with E-state index in [0.29, 0.717) is 0 Å². The molecule has 0 nitrogen and oxygen atoms in total. The van der Waals surface area contributed by atoms with Crippen molar-refractivity contribution in [3.8, 4) is 0 Å². The van der Waals surface area contributed by atoms with Gasteiger partial charge in [-0.3, -0.25) is 0 Å². The molecule has 0 spiro atoms. The van der Waals surface area contributed by atoms with E-state index in [1.807, 2.05) is 0 Å². The first-order valence-electron chi connectivity index (χ1n) is 9.03. The second-order valence-electron chi connectivity index (χ2n) is 6.94. The molecule has 0 N–H and O–H groups in total. The lowest BCUT2D eigenvalue weighted by Crippen LogP contribution is -2.21. The highest BCUT2D eigenvalue weighted by atomic mass is 31.1. The summed E-state index contributed by atoms with van der Waals surface area (Å²) in [5.41, 5.74) is 3.58. The minimum absolute atomic E-state index is 0.0822. The average Bonchev–Trinajstić information content (AvgIpc) is 2.58. The van der Waals surface area contributed by atoms with Gasteiger partial charge in [-0.15, -0.1) is 49.5 Å². The van der Waals surface area contributed by atoms with Crippen molar-refractivity contribution in [2.45, 2.75) is 82.4 Å². The van der Waals surface area contributed by atoms with Crippen LogP contribution in [-0.4, -0.2) is 11.3 Å². The third-order valence-electron chi connectivity index (χ3n) is 5.52. The zero-order valence-electron chi connectivity index (χ0n) is 13.6. The Labute approximate surface area is 132 Å². The summed E-state index contributed by atoms with van der Waals surface area (Å²) in [6.45, 7) is 2.46. The summed E-state index contributed by atoms with van der Waals surface area (Å²) in [6, 6.07) is 0. The number of rotatable bonds is 3. The lowest BCUT2D eigenvalue weighted by Gasteiger charge is -2.42. The summed E-state index contributed by atoms with van der Waals surface area (Å²) in [7, 11) is 0.0822. The summed E-state index contributed by atoms with van der Waals surface area (Å²) in [5, 5.41) is 1.75. The molecule has 0 aromatic heterocycles. The molecule has 0 aromatic rings. The standard InChI is InChI=1S/C20H30P/c1-17(18-11-5-2-6-12-18)21(19-13-7-3-8-14-19)20-15-9-4-10-16-20/h2,5-6,11-12,19-20H,3-4,7-10,13-16H2,1H3/q-1. The van der Waals surface area contributed by atoms with Crippen LogP contribution in [-0.2, 0) is 0 Å². The fourth-order valence-electron chi connectivity index (χ4n) is 4.39. The quantitative estimate of drug-likeness (QED) is 0.400. The summed E-state index contributed by atoms with van der Waals surface area (Å²) >= 11 is 0. The Balaban J connectivity index is 1.83. The lowest BCUT2D eigenvalue weighted by atomic mass is 9.99. The molecule has 0 radical (unpaired) electrons. The lowest BCUT2D eigenvalue weighted by molar-refractivity contribution is 0.486. The first-order chi connectivity index (χ1) is 10.4. The van der Waals surface area contributed by atoms with Gasteiger partial charge in [0.15, 0.2) is 0 Å². The smallest absolute Gasteiger partial charge is 0.0249 e. The molecule has 3 aliphatic carbocycles. The first kappa shape index (κ1) is 15.4. The molecule has 0 amide bonds. The maximum atomic E-state index is 2.46. The Morgan fingerprint density at radius 3 is 1.95 bits per heavy atom. The highest BCUT2D eigenvalue weighted by molar-refractivity contribution is 7.63. The van der Waals surface area contributed by atoms with Crippen LogP contribution >= 0.6 is 7.92 Å². The third-order valence-corrected chi connectivity index (χ3v) is 9.15. The van der Waals surface area contributed by atoms with Gasteiger partial charge in [0.2, 0.25) is 0 Å². The fourth-order valence-corrected chi connectivity index (χ4v) is 8.37. The molecule has 2 saturated carbocycles. The third kappa shape index (κ3) is 3.84. The van der Waals surface area contributed by atoms with E-state index in [1.165, 1.54) is 69.8 Å². The van der Waals surface area contributed by atoms with Gasteiger partial charge >= 0.3 is 0 Å². The van der Waals surface area contributed by atoms with Gasteiger partial charge in [0.25, 0.3) is 0 Å². The minimum Gasteiger partial charge on any atom is -0.145 e. The van der Waals surface area contributed by atoms with Crippen LogP contribution in [0.3, 0.4) is 0 Å². The SMILES string of the molecule is CC(=C1C=CC=C[CH-]1)P(C1CCCCC1)C1CCCCC1. The van der Waals surface area contributed by atoms with E-state index in [4.69, 9.17) is 0 Å². The van der Waals surface area contributed by atoms with Crippen molar-refractivity contribution < 1.29 is 0 Å². The van der Waals surface area contributed by atoms with E-state index < -0.39 is 0 Å². The van der Waals surface area contributed by atoms with Gasteiger partial charge in [0.1, 0.15) is 0 Å². The molecule has 3 rings (SSSR count). The van der Waals surface area contributed by atoms with E-state index in [-0.39, 0.29) is 7.92 Å². The Kier molecular flexibility index (Phi) is 5.64. The molecule has 3 aliphatic rings. The molecular weight excluding hydrogens is 271 g/mol. The first-order valence-corrected chi connectivity index (χ1v) is 10.5. The van der Waals surface area contributed by atoms with Crippen LogP contribution in [0.4, 0.5) is 0 Å². The van der Waals surface area contributed by atoms with Crippen molar-refractivity contribution in [1.82, 2.24) is 0 Å². The largest absolute Gasteiger partial charge is 0.145 e. The molecular formula is C20H30P-. The van der Waals surface area contributed by atoms with Gasteiger partial charge in [-0.05, 0) is 37.0 Å². The van der Waals surface area contributed by atoms with Crippen molar-refractivity contribution in [2.75, 3.05) is 0 Å². The van der Waals surface area contributed by atoms with Gasteiger partial charge in [-0.1, -0.05) is 45.4 Å². The number of hydrogen-bond donors (Lipinski definition) is 0. The molecule has 21 heavy (non-hydrogen) atoms. The van der Waals surface area contributed by atoms with E-state index >= 15 is 0 Å². The Morgan fingerprint density at radius 2 is 1.48 bits per heavy atom. The monoisotopic (exact) mass is 301 g/mol. The predicted molar refractivity (Wildman–Crippen MR) is 95.9 cm³/mol. The van der Waals surface area contributed by atoms with Crippen molar-refractivity contribution in [1.29, 1.82) is 0 Å². The van der Waals surface area contributed by atoms with Crippen LogP contribution in [0.1, 0.15) is 71.1 Å². The molecule has 0 saturated heterocycles. The maximum absolute atomic E-state index is 2.46. The maximum Gasteiger partial charge on any atom is -0.0249 e. The van der Waals surface area contributed by atoms with E-state index in [2.05, 4.69) is 37.6 Å². The molecule has 116 valence electrons. The zero-order valence-corrected chi connectivity index (χ0v) is 14.5. The van der Waals surface area contributed by atoms with Crippen LogP contribution in [0.15, 0.2) is 35.2 Å². The van der Waals surface area contributed by atoms with Crippen LogP contribution in [0.5, 0.6) is 0 Å². The highest BCUT2D eigenvalue weighted by Crippen LogP contribution is 2.61. The van der Waals surface area contributed by atoms with Crippen molar-refractivity contribution in [3.63, 3.8) is 0 Å². The predicted octanol–water partition coefficient (Wildman–Crippen LogP) is 6.74. The second-order valence-corrected chi connectivity index (χ2v) is 9.89. The van der Waals surface area contributed by atoms with E-state index in [9.17, 15) is 0 Å². The van der Waals surface area contributed by atoms with E-state index in [0.717, 1.165) is 11.3 Å². The molecule has 0 heterocycles. The second kappa shape index (κ2) is 7.68. The van der Waals surface area contributed by atoms with Gasteiger partial charge in [0.05, 0.1) is 0 Å². The summed E-state index contributed by atoms with van der Waals surface area (Å²) in [6.07, 6.45) is 26.2. The van der Waals surface area contributed by atoms with Gasteiger partial charge < -0.3 is 0 Å². The highest BCUT2D eigenvalue weighted by Gasteiger charge is 2.30. The fraction of sp³-hybridized carbons (Fsp3) is 0.650. The molecule has 0 bridgehead atoms. The van der Waals surface area contributed by atoms with Crippen LogP contribution < -0.4 is 0 Å². The summed E-state index contributed by atoms with van der Waals surface area (Å²) < 4.78 is 0. The van der Waals surface area contributed by atoms with Crippen LogP contribution in [0.25, 0.3) is 0 Å². The van der Waals surface area contributed by atoms with E-state index in [1.54, 1.807) is 5.31 Å². The number of hydrogen-bond acceptors (Lipinski definition) is 0. The van der Waals surface area contributed by atoms with Crippen LogP contribution in [0.2, 0.25) is 0 Å². The molecule has 1 heteroatoms. The topological polar surface area (TPSA) is 0 Å². The number of allylic oxidation sites excluding steroid dienone is 6. The molecule has 0 atom stereocenters. The Hall–Kier alpha value is -0.480. The van der Waals surface area contributed by atoms with Gasteiger partial charge in [-0.25, -0.2) is 0 Å². The van der Waals surface area contributed by atoms with Crippen molar-refractivity contribution in [2.24, 2.45) is 0 Å². The molecule has 2 fully saturated rings. The normalized spacial score (nSPS) is 27.0.